The minimum Gasteiger partial charge on any atom is -0.376 e. The normalized spacial score (nSPS) is 10.2. The molecule has 0 bridgehead atoms. The minimum absolute atomic E-state index is 0.145. The van der Waals surface area contributed by atoms with E-state index in [0.717, 1.165) is 9.26 Å². The van der Waals surface area contributed by atoms with Crippen molar-refractivity contribution < 1.29 is 4.79 Å². The zero-order chi connectivity index (χ0) is 14.7. The molecule has 1 N–H and O–H groups in total. The van der Waals surface area contributed by atoms with Crippen LogP contribution in [0, 0.1) is 3.57 Å². The van der Waals surface area contributed by atoms with Gasteiger partial charge in [0.25, 0.3) is 5.91 Å². The standard InChI is InChI=1S/C15H14ClIN2O/c1-19(2)14-7-6-11(16)9-13(14)18-15(20)10-4-3-5-12(17)8-10/h3-9H,1-2H3,(H,18,20). The molecule has 2 aromatic carbocycles. The highest BCUT2D eigenvalue weighted by Gasteiger charge is 2.11. The predicted molar refractivity (Wildman–Crippen MR) is 92.9 cm³/mol. The molecule has 0 atom stereocenters. The second-order valence-corrected chi connectivity index (χ2v) is 6.20. The van der Waals surface area contributed by atoms with Gasteiger partial charge in [0, 0.05) is 28.3 Å². The van der Waals surface area contributed by atoms with E-state index in [1.54, 1.807) is 18.2 Å². The lowest BCUT2D eigenvalue weighted by Gasteiger charge is -2.18. The second-order valence-electron chi connectivity index (χ2n) is 4.52. The zero-order valence-electron chi connectivity index (χ0n) is 11.2. The average molecular weight is 401 g/mol. The maximum atomic E-state index is 12.3. The van der Waals surface area contributed by atoms with Gasteiger partial charge in [-0.1, -0.05) is 17.7 Å². The Labute approximate surface area is 137 Å². The fraction of sp³-hybridized carbons (Fsp3) is 0.133. The van der Waals surface area contributed by atoms with Crippen molar-refractivity contribution in [1.82, 2.24) is 0 Å². The molecule has 104 valence electrons. The van der Waals surface area contributed by atoms with Gasteiger partial charge in [0.05, 0.1) is 11.4 Å². The summed E-state index contributed by atoms with van der Waals surface area (Å²) >= 11 is 8.19. The molecule has 0 saturated carbocycles. The molecular formula is C15H14ClIN2O. The van der Waals surface area contributed by atoms with Gasteiger partial charge in [-0.05, 0) is 59.0 Å². The van der Waals surface area contributed by atoms with Gasteiger partial charge in [-0.25, -0.2) is 0 Å². The number of amides is 1. The molecule has 20 heavy (non-hydrogen) atoms. The predicted octanol–water partition coefficient (Wildman–Crippen LogP) is 4.26. The number of benzene rings is 2. The number of carbonyl (C=O) groups is 1. The van der Waals surface area contributed by atoms with Crippen LogP contribution in [-0.2, 0) is 0 Å². The number of nitrogens with one attached hydrogen (secondary N) is 1. The molecule has 0 heterocycles. The molecule has 0 aliphatic heterocycles. The van der Waals surface area contributed by atoms with Crippen molar-refractivity contribution in [3.8, 4) is 0 Å². The van der Waals surface area contributed by atoms with Crippen LogP contribution in [0.4, 0.5) is 11.4 Å². The maximum Gasteiger partial charge on any atom is 0.255 e. The van der Waals surface area contributed by atoms with E-state index < -0.39 is 0 Å². The van der Waals surface area contributed by atoms with E-state index in [4.69, 9.17) is 11.6 Å². The van der Waals surface area contributed by atoms with Crippen LogP contribution in [0.5, 0.6) is 0 Å². The van der Waals surface area contributed by atoms with E-state index in [1.165, 1.54) is 0 Å². The summed E-state index contributed by atoms with van der Waals surface area (Å²) in [5.41, 5.74) is 2.24. The van der Waals surface area contributed by atoms with Crippen LogP contribution in [0.3, 0.4) is 0 Å². The van der Waals surface area contributed by atoms with Crippen LogP contribution in [0.25, 0.3) is 0 Å². The number of anilines is 2. The van der Waals surface area contributed by atoms with Crippen LogP contribution < -0.4 is 10.2 Å². The van der Waals surface area contributed by atoms with Crippen LogP contribution in [0.2, 0.25) is 5.02 Å². The van der Waals surface area contributed by atoms with E-state index in [0.29, 0.717) is 16.3 Å². The highest BCUT2D eigenvalue weighted by atomic mass is 127. The van der Waals surface area contributed by atoms with Gasteiger partial charge in [0.2, 0.25) is 0 Å². The van der Waals surface area contributed by atoms with Crippen LogP contribution in [0.1, 0.15) is 10.4 Å². The first-order chi connectivity index (χ1) is 9.47. The Kier molecular flexibility index (Phi) is 4.88. The molecule has 0 fully saturated rings. The van der Waals surface area contributed by atoms with E-state index >= 15 is 0 Å². The fourth-order valence-corrected chi connectivity index (χ4v) is 2.54. The summed E-state index contributed by atoms with van der Waals surface area (Å²) in [5.74, 6) is -0.145. The minimum atomic E-state index is -0.145. The van der Waals surface area contributed by atoms with Crippen LogP contribution >= 0.6 is 34.2 Å². The number of rotatable bonds is 3. The Morgan fingerprint density at radius 3 is 2.60 bits per heavy atom. The van der Waals surface area contributed by atoms with Gasteiger partial charge >= 0.3 is 0 Å². The van der Waals surface area contributed by atoms with Gasteiger partial charge in [-0.3, -0.25) is 4.79 Å². The average Bonchev–Trinajstić information content (AvgIpc) is 2.38. The topological polar surface area (TPSA) is 32.3 Å². The number of hydrogen-bond donors (Lipinski definition) is 1. The molecule has 0 aromatic heterocycles. The van der Waals surface area contributed by atoms with E-state index in [2.05, 4.69) is 27.9 Å². The monoisotopic (exact) mass is 400 g/mol. The van der Waals surface area contributed by atoms with Crippen LogP contribution in [0.15, 0.2) is 42.5 Å². The maximum absolute atomic E-state index is 12.3. The lowest BCUT2D eigenvalue weighted by Crippen LogP contribution is -2.16. The van der Waals surface area contributed by atoms with Crippen molar-refractivity contribution >= 4 is 51.5 Å². The Balaban J connectivity index is 2.30. The summed E-state index contributed by atoms with van der Waals surface area (Å²) in [6.07, 6.45) is 0. The summed E-state index contributed by atoms with van der Waals surface area (Å²) in [6, 6.07) is 12.9. The van der Waals surface area contributed by atoms with E-state index in [1.807, 2.05) is 43.3 Å². The van der Waals surface area contributed by atoms with Gasteiger partial charge in [-0.15, -0.1) is 0 Å². The Hall–Kier alpha value is -1.27. The smallest absolute Gasteiger partial charge is 0.255 e. The Morgan fingerprint density at radius 1 is 1.20 bits per heavy atom. The quantitative estimate of drug-likeness (QED) is 0.781. The molecule has 0 radical (unpaired) electrons. The largest absolute Gasteiger partial charge is 0.376 e. The Morgan fingerprint density at radius 2 is 1.95 bits per heavy atom. The van der Waals surface area contributed by atoms with Crippen molar-refractivity contribution in [2.45, 2.75) is 0 Å². The highest BCUT2D eigenvalue weighted by molar-refractivity contribution is 14.1. The van der Waals surface area contributed by atoms with Gasteiger partial charge in [-0.2, -0.15) is 0 Å². The summed E-state index contributed by atoms with van der Waals surface area (Å²) < 4.78 is 1.02. The second kappa shape index (κ2) is 6.45. The third-order valence-corrected chi connectivity index (χ3v) is 3.68. The van der Waals surface area contributed by atoms with Crippen molar-refractivity contribution in [3.63, 3.8) is 0 Å². The SMILES string of the molecule is CN(C)c1ccc(Cl)cc1NC(=O)c1cccc(I)c1. The summed E-state index contributed by atoms with van der Waals surface area (Å²) in [6.45, 7) is 0. The fourth-order valence-electron chi connectivity index (χ4n) is 1.82. The molecule has 0 saturated heterocycles. The van der Waals surface area contributed by atoms with Crippen LogP contribution in [-0.4, -0.2) is 20.0 Å². The first kappa shape index (κ1) is 15.1. The number of halogens is 2. The molecule has 5 heteroatoms. The van der Waals surface area contributed by atoms with Crippen molar-refractivity contribution in [1.29, 1.82) is 0 Å². The lowest BCUT2D eigenvalue weighted by atomic mass is 10.2. The van der Waals surface area contributed by atoms with Gasteiger partial charge < -0.3 is 10.2 Å². The summed E-state index contributed by atoms with van der Waals surface area (Å²) in [7, 11) is 3.84. The molecule has 2 aromatic rings. The number of hydrogen-bond acceptors (Lipinski definition) is 2. The third-order valence-electron chi connectivity index (χ3n) is 2.78. The van der Waals surface area contributed by atoms with E-state index in [9.17, 15) is 4.79 Å². The summed E-state index contributed by atoms with van der Waals surface area (Å²) in [5, 5.41) is 3.50. The molecule has 0 aliphatic rings. The molecule has 0 unspecified atom stereocenters. The Bertz CT molecular complexity index is 644. The third kappa shape index (κ3) is 3.64. The van der Waals surface area contributed by atoms with Gasteiger partial charge in [0.15, 0.2) is 0 Å². The molecule has 0 aliphatic carbocycles. The molecule has 1 amide bonds. The molecule has 2 rings (SSSR count). The zero-order valence-corrected chi connectivity index (χ0v) is 14.1. The first-order valence-electron chi connectivity index (χ1n) is 6.01. The van der Waals surface area contributed by atoms with E-state index in [-0.39, 0.29) is 5.91 Å². The molecule has 3 nitrogen and oxygen atoms in total. The van der Waals surface area contributed by atoms with Gasteiger partial charge in [0.1, 0.15) is 0 Å². The van der Waals surface area contributed by atoms with Crippen molar-refractivity contribution in [3.05, 3.63) is 56.6 Å². The highest BCUT2D eigenvalue weighted by Crippen LogP contribution is 2.28. The van der Waals surface area contributed by atoms with Crippen molar-refractivity contribution in [2.75, 3.05) is 24.3 Å². The molecular weight excluding hydrogens is 387 g/mol. The lowest BCUT2D eigenvalue weighted by molar-refractivity contribution is 0.102. The first-order valence-corrected chi connectivity index (χ1v) is 7.47. The molecule has 0 spiro atoms. The number of nitrogens with zero attached hydrogens (tertiary/aromatic N) is 1. The number of carbonyl (C=O) groups excluding carboxylic acids is 1. The summed E-state index contributed by atoms with van der Waals surface area (Å²) in [4.78, 5) is 14.2. The van der Waals surface area contributed by atoms with Crippen molar-refractivity contribution in [2.24, 2.45) is 0 Å².